The Morgan fingerprint density at radius 1 is 1.14 bits per heavy atom. The van der Waals surface area contributed by atoms with Gasteiger partial charge in [0, 0.05) is 5.69 Å². The van der Waals surface area contributed by atoms with E-state index in [1.807, 2.05) is 13.8 Å². The minimum absolute atomic E-state index is 0.306. The maximum atomic E-state index is 12.8. The number of nitrogen functional groups attached to an aromatic ring is 1. The number of nitrogens with two attached hydrogens (primary N) is 1. The zero-order chi connectivity index (χ0) is 15.8. The third-order valence-corrected chi connectivity index (χ3v) is 2.60. The predicted molar refractivity (Wildman–Crippen MR) is 83.2 cm³/mol. The number of methoxy groups -OCH3 is 1. The molecule has 21 heavy (non-hydrogen) atoms. The van der Waals surface area contributed by atoms with Gasteiger partial charge in [0.25, 0.3) is 0 Å². The van der Waals surface area contributed by atoms with Gasteiger partial charge in [-0.05, 0) is 42.5 Å². The topological polar surface area (TPSA) is 64.3 Å². The predicted octanol–water partition coefficient (Wildman–Crippen LogP) is 3.96. The molecule has 3 N–H and O–H groups in total. The van der Waals surface area contributed by atoms with Crippen LogP contribution in [-0.2, 0) is 4.74 Å². The number of nitrogens with one attached hydrogen (secondary N) is 1. The van der Waals surface area contributed by atoms with Gasteiger partial charge in [-0.15, -0.1) is 0 Å². The molecular formula is C16H19FN2O2. The molecule has 0 radical (unpaired) electrons. The maximum absolute atomic E-state index is 12.8. The minimum Gasteiger partial charge on any atom is -0.465 e. The average Bonchev–Trinajstić information content (AvgIpc) is 2.52. The van der Waals surface area contributed by atoms with Gasteiger partial charge in [-0.3, -0.25) is 0 Å². The number of carbonyl (C=O) groups is 1. The molecule has 0 spiro atoms. The fraction of sp³-hybridized carbons (Fsp3) is 0.188. The smallest absolute Gasteiger partial charge is 0.337 e. The van der Waals surface area contributed by atoms with Crippen LogP contribution in [0.3, 0.4) is 0 Å². The summed E-state index contributed by atoms with van der Waals surface area (Å²) in [5, 5.41) is 3.04. The number of hydrogen-bond acceptors (Lipinski definition) is 4. The summed E-state index contributed by atoms with van der Waals surface area (Å²) in [7, 11) is 1.31. The molecule has 0 amide bonds. The molecule has 0 saturated heterocycles. The van der Waals surface area contributed by atoms with Crippen molar-refractivity contribution in [1.29, 1.82) is 0 Å². The molecule has 0 aromatic heterocycles. The second-order valence-electron chi connectivity index (χ2n) is 3.93. The highest BCUT2D eigenvalue weighted by atomic mass is 19.1. The first-order valence-corrected chi connectivity index (χ1v) is 6.60. The first-order valence-electron chi connectivity index (χ1n) is 6.60. The molecule has 0 aliphatic carbocycles. The lowest BCUT2D eigenvalue weighted by Crippen LogP contribution is -2.03. The van der Waals surface area contributed by atoms with Crippen molar-refractivity contribution in [2.24, 2.45) is 0 Å². The van der Waals surface area contributed by atoms with Crippen molar-refractivity contribution in [3.8, 4) is 0 Å². The van der Waals surface area contributed by atoms with E-state index in [9.17, 15) is 9.18 Å². The van der Waals surface area contributed by atoms with Gasteiger partial charge in [-0.25, -0.2) is 9.18 Å². The molecule has 0 atom stereocenters. The van der Waals surface area contributed by atoms with Crippen LogP contribution in [0, 0.1) is 5.82 Å². The first kappa shape index (κ1) is 16.5. The SMILES string of the molecule is CC.COC(=O)c1ccc(Nc2ccc(F)cc2)c(N)c1. The lowest BCUT2D eigenvalue weighted by atomic mass is 10.1. The Hall–Kier alpha value is -2.56. The minimum atomic E-state index is -0.444. The van der Waals surface area contributed by atoms with Crippen molar-refractivity contribution in [2.45, 2.75) is 13.8 Å². The summed E-state index contributed by atoms with van der Waals surface area (Å²) in [5.74, 6) is -0.750. The fourth-order valence-corrected chi connectivity index (χ4v) is 1.61. The number of hydrogen-bond donors (Lipinski definition) is 2. The highest BCUT2D eigenvalue weighted by Gasteiger charge is 2.08. The lowest BCUT2D eigenvalue weighted by molar-refractivity contribution is 0.0601. The Bertz CT molecular complexity index is 598. The quantitative estimate of drug-likeness (QED) is 0.663. The van der Waals surface area contributed by atoms with Crippen molar-refractivity contribution in [1.82, 2.24) is 0 Å². The molecule has 0 saturated carbocycles. The summed E-state index contributed by atoms with van der Waals surface area (Å²) < 4.78 is 17.4. The number of rotatable bonds is 3. The van der Waals surface area contributed by atoms with Crippen molar-refractivity contribution in [3.63, 3.8) is 0 Å². The molecule has 2 aromatic carbocycles. The van der Waals surface area contributed by atoms with Crippen molar-refractivity contribution >= 4 is 23.0 Å². The molecule has 5 heteroatoms. The third kappa shape index (κ3) is 4.49. The summed E-state index contributed by atoms with van der Waals surface area (Å²) in [6.45, 7) is 4.00. The van der Waals surface area contributed by atoms with E-state index in [4.69, 9.17) is 5.73 Å². The zero-order valence-corrected chi connectivity index (χ0v) is 12.3. The van der Waals surface area contributed by atoms with Crippen molar-refractivity contribution < 1.29 is 13.9 Å². The molecule has 0 unspecified atom stereocenters. The van der Waals surface area contributed by atoms with Gasteiger partial charge < -0.3 is 15.8 Å². The Morgan fingerprint density at radius 3 is 2.29 bits per heavy atom. The average molecular weight is 290 g/mol. The van der Waals surface area contributed by atoms with Crippen LogP contribution < -0.4 is 11.1 Å². The van der Waals surface area contributed by atoms with E-state index in [1.165, 1.54) is 25.3 Å². The van der Waals surface area contributed by atoms with Crippen LogP contribution in [0.2, 0.25) is 0 Å². The van der Waals surface area contributed by atoms with E-state index >= 15 is 0 Å². The fourth-order valence-electron chi connectivity index (χ4n) is 1.61. The standard InChI is InChI=1S/C14H13FN2O2.C2H6/c1-19-14(18)9-2-7-13(12(16)8-9)17-11-5-3-10(15)4-6-11;1-2/h2-8,17H,16H2,1H3;1-2H3. The molecule has 112 valence electrons. The van der Waals surface area contributed by atoms with Crippen molar-refractivity contribution in [2.75, 3.05) is 18.2 Å². The number of benzene rings is 2. The van der Waals surface area contributed by atoms with Gasteiger partial charge in [0.05, 0.1) is 24.0 Å². The molecule has 2 rings (SSSR count). The summed E-state index contributed by atoms with van der Waals surface area (Å²) in [5.41, 5.74) is 7.98. The lowest BCUT2D eigenvalue weighted by Gasteiger charge is -2.10. The van der Waals surface area contributed by atoms with E-state index in [2.05, 4.69) is 10.1 Å². The van der Waals surface area contributed by atoms with Gasteiger partial charge in [0.2, 0.25) is 0 Å². The molecular weight excluding hydrogens is 271 g/mol. The highest BCUT2D eigenvalue weighted by molar-refractivity contribution is 5.92. The molecule has 2 aromatic rings. The second-order valence-corrected chi connectivity index (χ2v) is 3.93. The van der Waals surface area contributed by atoms with Gasteiger partial charge in [0.15, 0.2) is 0 Å². The molecule has 0 aliphatic heterocycles. The largest absolute Gasteiger partial charge is 0.465 e. The number of anilines is 3. The molecule has 0 bridgehead atoms. The van der Waals surface area contributed by atoms with Gasteiger partial charge in [-0.1, -0.05) is 13.8 Å². The Morgan fingerprint density at radius 2 is 1.76 bits per heavy atom. The zero-order valence-electron chi connectivity index (χ0n) is 12.3. The van der Waals surface area contributed by atoms with E-state index in [0.717, 1.165) is 0 Å². The summed E-state index contributed by atoms with van der Waals surface area (Å²) in [6, 6.07) is 10.7. The number of ether oxygens (including phenoxy) is 1. The van der Waals surface area contributed by atoms with Crippen LogP contribution in [0.15, 0.2) is 42.5 Å². The Balaban J connectivity index is 0.00000106. The van der Waals surface area contributed by atoms with Gasteiger partial charge in [0.1, 0.15) is 5.82 Å². The van der Waals surface area contributed by atoms with E-state index < -0.39 is 5.97 Å². The summed E-state index contributed by atoms with van der Waals surface area (Å²) in [6.07, 6.45) is 0. The molecule has 0 aliphatic rings. The second kappa shape index (κ2) is 7.89. The van der Waals surface area contributed by atoms with Gasteiger partial charge in [-0.2, -0.15) is 0 Å². The van der Waals surface area contributed by atoms with Crippen LogP contribution >= 0.6 is 0 Å². The van der Waals surface area contributed by atoms with Crippen LogP contribution in [0.1, 0.15) is 24.2 Å². The van der Waals surface area contributed by atoms with Crippen molar-refractivity contribution in [3.05, 3.63) is 53.8 Å². The number of esters is 1. The monoisotopic (exact) mass is 290 g/mol. The number of halogens is 1. The number of carbonyl (C=O) groups excluding carboxylic acids is 1. The van der Waals surface area contributed by atoms with Gasteiger partial charge >= 0.3 is 5.97 Å². The third-order valence-electron chi connectivity index (χ3n) is 2.60. The Kier molecular flexibility index (Phi) is 6.20. The normalized spacial score (nSPS) is 9.33. The van der Waals surface area contributed by atoms with Crippen LogP contribution in [0.5, 0.6) is 0 Å². The maximum Gasteiger partial charge on any atom is 0.337 e. The summed E-state index contributed by atoms with van der Waals surface area (Å²) in [4.78, 5) is 11.3. The molecule has 0 fully saturated rings. The molecule has 4 nitrogen and oxygen atoms in total. The van der Waals surface area contributed by atoms with Crippen LogP contribution in [0.25, 0.3) is 0 Å². The van der Waals surface area contributed by atoms with Crippen LogP contribution in [0.4, 0.5) is 21.5 Å². The van der Waals surface area contributed by atoms with E-state index in [0.29, 0.717) is 22.6 Å². The van der Waals surface area contributed by atoms with E-state index in [-0.39, 0.29) is 5.82 Å². The molecule has 0 heterocycles. The first-order chi connectivity index (χ1) is 10.1. The summed E-state index contributed by atoms with van der Waals surface area (Å²) >= 11 is 0. The van der Waals surface area contributed by atoms with E-state index in [1.54, 1.807) is 24.3 Å². The Labute approximate surface area is 123 Å². The van der Waals surface area contributed by atoms with Crippen LogP contribution in [-0.4, -0.2) is 13.1 Å². The highest BCUT2D eigenvalue weighted by Crippen LogP contribution is 2.24.